The largest absolute Gasteiger partial charge is 0.478 e. The van der Waals surface area contributed by atoms with Crippen molar-refractivity contribution in [2.24, 2.45) is 5.92 Å². The maximum absolute atomic E-state index is 11.3. The third kappa shape index (κ3) is 3.96. The summed E-state index contributed by atoms with van der Waals surface area (Å²) in [5.74, 6) is -0.416. The average Bonchev–Trinajstić information content (AvgIpc) is 2.88. The van der Waals surface area contributed by atoms with Crippen molar-refractivity contribution in [2.45, 2.75) is 19.8 Å². The van der Waals surface area contributed by atoms with Gasteiger partial charge in [-0.15, -0.1) is 0 Å². The standard InChI is InChI=1S/C15H21BrN2O2/c1-11(10-18-7-2-3-8-18)9-17-13-6-4-5-12(16)14(13)15(19)20/h4-6,11,17H,2-3,7-10H2,1H3,(H,19,20). The molecular weight excluding hydrogens is 320 g/mol. The summed E-state index contributed by atoms with van der Waals surface area (Å²) < 4.78 is 0.613. The average molecular weight is 341 g/mol. The van der Waals surface area contributed by atoms with Crippen molar-refractivity contribution in [3.05, 3.63) is 28.2 Å². The summed E-state index contributed by atoms with van der Waals surface area (Å²) in [4.78, 5) is 13.8. The maximum atomic E-state index is 11.3. The molecule has 5 heteroatoms. The molecule has 1 aliphatic heterocycles. The number of aromatic carboxylic acids is 1. The second-order valence-electron chi connectivity index (χ2n) is 5.46. The third-order valence-electron chi connectivity index (χ3n) is 3.64. The van der Waals surface area contributed by atoms with Gasteiger partial charge in [0.2, 0.25) is 0 Å². The lowest BCUT2D eigenvalue weighted by Crippen LogP contribution is -2.29. The van der Waals surface area contributed by atoms with Gasteiger partial charge in [-0.2, -0.15) is 0 Å². The van der Waals surface area contributed by atoms with E-state index in [0.29, 0.717) is 21.6 Å². The molecule has 1 fully saturated rings. The van der Waals surface area contributed by atoms with E-state index in [4.69, 9.17) is 0 Å². The van der Waals surface area contributed by atoms with Crippen LogP contribution in [0.3, 0.4) is 0 Å². The first-order chi connectivity index (χ1) is 9.58. The number of anilines is 1. The van der Waals surface area contributed by atoms with Crippen LogP contribution in [0.25, 0.3) is 0 Å². The highest BCUT2D eigenvalue weighted by atomic mass is 79.9. The minimum atomic E-state index is -0.910. The Morgan fingerprint density at radius 2 is 2.15 bits per heavy atom. The fraction of sp³-hybridized carbons (Fsp3) is 0.533. The van der Waals surface area contributed by atoms with Crippen LogP contribution < -0.4 is 5.32 Å². The van der Waals surface area contributed by atoms with Crippen LogP contribution in [0.15, 0.2) is 22.7 Å². The second kappa shape index (κ2) is 7.09. The molecule has 1 atom stereocenters. The molecule has 0 spiro atoms. The highest BCUT2D eigenvalue weighted by Gasteiger charge is 2.17. The van der Waals surface area contributed by atoms with E-state index in [9.17, 15) is 9.90 Å². The third-order valence-corrected chi connectivity index (χ3v) is 4.30. The lowest BCUT2D eigenvalue weighted by Gasteiger charge is -2.21. The molecule has 1 saturated heterocycles. The number of nitrogens with zero attached hydrogens (tertiary/aromatic N) is 1. The van der Waals surface area contributed by atoms with E-state index >= 15 is 0 Å². The molecule has 1 unspecified atom stereocenters. The maximum Gasteiger partial charge on any atom is 0.338 e. The number of likely N-dealkylation sites (tertiary alicyclic amines) is 1. The monoisotopic (exact) mass is 340 g/mol. The van der Waals surface area contributed by atoms with E-state index in [1.54, 1.807) is 6.07 Å². The van der Waals surface area contributed by atoms with Crippen LogP contribution in [0.5, 0.6) is 0 Å². The van der Waals surface area contributed by atoms with Gasteiger partial charge in [0.1, 0.15) is 0 Å². The molecule has 0 radical (unpaired) electrons. The summed E-state index contributed by atoms with van der Waals surface area (Å²) >= 11 is 3.30. The highest BCUT2D eigenvalue weighted by molar-refractivity contribution is 9.10. The summed E-state index contributed by atoms with van der Waals surface area (Å²) in [6.07, 6.45) is 2.60. The molecule has 0 amide bonds. The Balaban J connectivity index is 1.93. The van der Waals surface area contributed by atoms with Gasteiger partial charge in [-0.05, 0) is 59.9 Å². The molecule has 2 N–H and O–H groups in total. The lowest BCUT2D eigenvalue weighted by atomic mass is 10.1. The van der Waals surface area contributed by atoms with E-state index in [-0.39, 0.29) is 0 Å². The smallest absolute Gasteiger partial charge is 0.338 e. The van der Waals surface area contributed by atoms with Gasteiger partial charge in [-0.25, -0.2) is 4.79 Å². The quantitative estimate of drug-likeness (QED) is 0.834. The summed E-state index contributed by atoms with van der Waals surface area (Å²) in [6.45, 7) is 6.45. The molecule has 0 aliphatic carbocycles. The van der Waals surface area contributed by atoms with Gasteiger partial charge in [0.05, 0.1) is 5.56 Å². The molecule has 1 heterocycles. The van der Waals surface area contributed by atoms with Crippen LogP contribution >= 0.6 is 15.9 Å². The van der Waals surface area contributed by atoms with Crippen molar-refractivity contribution < 1.29 is 9.90 Å². The first-order valence-corrected chi connectivity index (χ1v) is 7.85. The molecule has 1 aromatic carbocycles. The molecule has 110 valence electrons. The zero-order valence-electron chi connectivity index (χ0n) is 11.7. The number of nitrogens with one attached hydrogen (secondary N) is 1. The molecule has 20 heavy (non-hydrogen) atoms. The van der Waals surface area contributed by atoms with Gasteiger partial charge < -0.3 is 15.3 Å². The summed E-state index contributed by atoms with van der Waals surface area (Å²) in [7, 11) is 0. The SMILES string of the molecule is CC(CNc1cccc(Br)c1C(=O)O)CN1CCCC1. The van der Waals surface area contributed by atoms with E-state index in [2.05, 4.69) is 33.1 Å². The van der Waals surface area contributed by atoms with Crippen molar-refractivity contribution in [1.82, 2.24) is 4.90 Å². The van der Waals surface area contributed by atoms with Gasteiger partial charge in [0.25, 0.3) is 0 Å². The lowest BCUT2D eigenvalue weighted by molar-refractivity contribution is 0.0697. The number of carboxylic acids is 1. The molecule has 1 aliphatic rings. The number of benzene rings is 1. The van der Waals surface area contributed by atoms with Crippen LogP contribution in [0, 0.1) is 5.92 Å². The number of halogens is 1. The Morgan fingerprint density at radius 1 is 1.45 bits per heavy atom. The van der Waals surface area contributed by atoms with Crippen molar-refractivity contribution in [3.8, 4) is 0 Å². The van der Waals surface area contributed by atoms with Gasteiger partial charge in [0, 0.05) is 23.2 Å². The van der Waals surface area contributed by atoms with Gasteiger partial charge in [-0.3, -0.25) is 0 Å². The molecule has 1 aromatic rings. The zero-order chi connectivity index (χ0) is 14.5. The van der Waals surface area contributed by atoms with E-state index in [0.717, 1.165) is 13.1 Å². The first kappa shape index (κ1) is 15.3. The normalized spacial score (nSPS) is 17.1. The Labute approximate surface area is 128 Å². The molecule has 2 rings (SSSR count). The Morgan fingerprint density at radius 3 is 2.80 bits per heavy atom. The fourth-order valence-corrected chi connectivity index (χ4v) is 3.18. The van der Waals surface area contributed by atoms with E-state index in [1.165, 1.54) is 25.9 Å². The van der Waals surface area contributed by atoms with Gasteiger partial charge in [0.15, 0.2) is 0 Å². The minimum absolute atomic E-state index is 0.306. The zero-order valence-corrected chi connectivity index (χ0v) is 13.3. The second-order valence-corrected chi connectivity index (χ2v) is 6.32. The molecule has 0 aromatic heterocycles. The number of rotatable bonds is 6. The number of carboxylic acid groups (broad SMARTS) is 1. The van der Waals surface area contributed by atoms with Crippen molar-refractivity contribution in [3.63, 3.8) is 0 Å². The summed E-state index contributed by atoms with van der Waals surface area (Å²) in [5, 5.41) is 12.5. The number of hydrogen-bond acceptors (Lipinski definition) is 3. The topological polar surface area (TPSA) is 52.6 Å². The van der Waals surface area contributed by atoms with Crippen LogP contribution in [0.1, 0.15) is 30.1 Å². The molecule has 4 nitrogen and oxygen atoms in total. The molecule has 0 bridgehead atoms. The summed E-state index contributed by atoms with van der Waals surface area (Å²) in [6, 6.07) is 5.42. The van der Waals surface area contributed by atoms with Crippen molar-refractivity contribution in [1.29, 1.82) is 0 Å². The van der Waals surface area contributed by atoms with Crippen LogP contribution in [-0.2, 0) is 0 Å². The number of carbonyl (C=O) groups is 1. The predicted octanol–water partition coefficient (Wildman–Crippen LogP) is 3.29. The Kier molecular flexibility index (Phi) is 5.43. The van der Waals surface area contributed by atoms with Crippen molar-refractivity contribution in [2.75, 3.05) is 31.5 Å². The fourth-order valence-electron chi connectivity index (χ4n) is 2.64. The molecular formula is C15H21BrN2O2. The van der Waals surface area contributed by atoms with Crippen LogP contribution in [0.4, 0.5) is 5.69 Å². The van der Waals surface area contributed by atoms with Gasteiger partial charge >= 0.3 is 5.97 Å². The van der Waals surface area contributed by atoms with Crippen LogP contribution in [-0.4, -0.2) is 42.2 Å². The first-order valence-electron chi connectivity index (χ1n) is 7.06. The van der Waals surface area contributed by atoms with Crippen LogP contribution in [0.2, 0.25) is 0 Å². The van der Waals surface area contributed by atoms with E-state index in [1.807, 2.05) is 12.1 Å². The summed E-state index contributed by atoms with van der Waals surface area (Å²) in [5.41, 5.74) is 0.987. The molecule has 0 saturated carbocycles. The van der Waals surface area contributed by atoms with Crippen molar-refractivity contribution >= 4 is 27.6 Å². The van der Waals surface area contributed by atoms with Gasteiger partial charge in [-0.1, -0.05) is 13.0 Å². The Bertz CT molecular complexity index is 473. The predicted molar refractivity (Wildman–Crippen MR) is 84.4 cm³/mol. The minimum Gasteiger partial charge on any atom is -0.478 e. The van der Waals surface area contributed by atoms with E-state index < -0.39 is 5.97 Å². The Hall–Kier alpha value is -1.07. The highest BCUT2D eigenvalue weighted by Crippen LogP contribution is 2.25. The number of hydrogen-bond donors (Lipinski definition) is 2.